The van der Waals surface area contributed by atoms with E-state index in [-0.39, 0.29) is 37.9 Å². The number of hydrogen-bond acceptors (Lipinski definition) is 11. The third-order valence-electron chi connectivity index (χ3n) is 12.7. The van der Waals surface area contributed by atoms with Crippen molar-refractivity contribution in [1.82, 2.24) is 0 Å². The van der Waals surface area contributed by atoms with Crippen LogP contribution in [0.25, 0.3) is 0 Å². The van der Waals surface area contributed by atoms with Gasteiger partial charge < -0.3 is 33.2 Å². The molecule has 1 aromatic carbocycles. The molecule has 0 aromatic heterocycles. The summed E-state index contributed by atoms with van der Waals surface area (Å²) in [6.07, 6.45) is 9.11. The van der Waals surface area contributed by atoms with Crippen LogP contribution in [0, 0.1) is 38.5 Å². The number of carbonyl (C=O) groups excluding carboxylic acids is 4. The Morgan fingerprint density at radius 2 is 1.15 bits per heavy atom. The molecule has 11 nitrogen and oxygen atoms in total. The molecule has 3 rings (SSSR count). The lowest BCUT2D eigenvalue weighted by molar-refractivity contribution is -0.289. The number of esters is 4. The Hall–Kier alpha value is -3.34. The van der Waals surface area contributed by atoms with Crippen molar-refractivity contribution >= 4 is 23.9 Å². The molecule has 8 atom stereocenters. The molecule has 2 aliphatic heterocycles. The van der Waals surface area contributed by atoms with Crippen molar-refractivity contribution in [2.45, 2.75) is 241 Å². The van der Waals surface area contributed by atoms with Gasteiger partial charge in [-0.05, 0) is 114 Å². The summed E-state index contributed by atoms with van der Waals surface area (Å²) in [6.45, 7) is 24.8. The molecule has 0 aliphatic carbocycles. The van der Waals surface area contributed by atoms with Gasteiger partial charge in [0.2, 0.25) is 12.4 Å². The van der Waals surface area contributed by atoms with Gasteiger partial charge in [0.05, 0.1) is 0 Å². The monoisotopic (exact) mass is 873 g/mol. The summed E-state index contributed by atoms with van der Waals surface area (Å²) in [5.74, 6) is 1.60. The fourth-order valence-electron chi connectivity index (χ4n) is 8.76. The normalized spacial score (nSPS) is 23.1. The van der Waals surface area contributed by atoms with Gasteiger partial charge in [-0.15, -0.1) is 0 Å². The summed E-state index contributed by atoms with van der Waals surface area (Å²) in [5, 5.41) is 0. The van der Waals surface area contributed by atoms with Crippen LogP contribution in [0.4, 0.5) is 0 Å². The van der Waals surface area contributed by atoms with Crippen molar-refractivity contribution in [2.24, 2.45) is 17.8 Å². The van der Waals surface area contributed by atoms with E-state index in [2.05, 4.69) is 34.6 Å². The molecule has 0 bridgehead atoms. The molecule has 62 heavy (non-hydrogen) atoms. The molecule has 0 N–H and O–H groups in total. The number of hydrogen-bond donors (Lipinski definition) is 0. The van der Waals surface area contributed by atoms with Gasteiger partial charge in [-0.1, -0.05) is 100 Å². The maximum absolute atomic E-state index is 13.3. The molecule has 0 radical (unpaired) electrons. The Balaban J connectivity index is 1.89. The first-order valence-electron chi connectivity index (χ1n) is 24.3. The van der Waals surface area contributed by atoms with E-state index in [1.54, 1.807) is 0 Å². The summed E-state index contributed by atoms with van der Waals surface area (Å²) in [7, 11) is 0. The van der Waals surface area contributed by atoms with Crippen molar-refractivity contribution in [2.75, 3.05) is 6.61 Å². The highest BCUT2D eigenvalue weighted by atomic mass is 16.7. The molecule has 2 aliphatic rings. The van der Waals surface area contributed by atoms with Crippen LogP contribution in [-0.2, 0) is 49.3 Å². The smallest absolute Gasteiger partial charge is 0.306 e. The molecule has 1 fully saturated rings. The Kier molecular flexibility index (Phi) is 22.6. The molecular weight excluding hydrogens is 789 g/mol. The van der Waals surface area contributed by atoms with Gasteiger partial charge in [0.25, 0.3) is 0 Å². The van der Waals surface area contributed by atoms with Crippen LogP contribution in [0.3, 0.4) is 0 Å². The van der Waals surface area contributed by atoms with Crippen LogP contribution < -0.4 is 9.47 Å². The largest absolute Gasteiger partial charge is 0.487 e. The molecule has 1 saturated heterocycles. The Morgan fingerprint density at radius 3 is 1.69 bits per heavy atom. The highest BCUT2D eigenvalue weighted by Gasteiger charge is 2.54. The van der Waals surface area contributed by atoms with Gasteiger partial charge in [0, 0.05) is 31.2 Å². The van der Waals surface area contributed by atoms with Gasteiger partial charge in [-0.3, -0.25) is 19.2 Å². The zero-order valence-electron chi connectivity index (χ0n) is 40.8. The Labute approximate surface area is 374 Å². The topological polar surface area (TPSA) is 133 Å². The van der Waals surface area contributed by atoms with Gasteiger partial charge in [0.1, 0.15) is 29.8 Å². The van der Waals surface area contributed by atoms with E-state index in [0.29, 0.717) is 37.4 Å². The number of fused-ring (bicyclic) bond motifs is 1. The highest BCUT2D eigenvalue weighted by Crippen LogP contribution is 2.46. The third-order valence-corrected chi connectivity index (χ3v) is 12.7. The second kappa shape index (κ2) is 26.4. The van der Waals surface area contributed by atoms with Crippen LogP contribution in [0.2, 0.25) is 0 Å². The van der Waals surface area contributed by atoms with E-state index in [0.717, 1.165) is 65.5 Å². The zero-order valence-corrected chi connectivity index (χ0v) is 40.8. The van der Waals surface area contributed by atoms with E-state index in [4.69, 9.17) is 33.2 Å². The van der Waals surface area contributed by atoms with Gasteiger partial charge in [-0.2, -0.15) is 0 Å². The first-order chi connectivity index (χ1) is 29.5. The maximum atomic E-state index is 13.3. The van der Waals surface area contributed by atoms with Gasteiger partial charge in [-0.25, -0.2) is 0 Å². The van der Waals surface area contributed by atoms with Gasteiger partial charge in [0.15, 0.2) is 12.2 Å². The minimum atomic E-state index is -1.31. The number of carbonyl (C=O) groups is 4. The van der Waals surface area contributed by atoms with Gasteiger partial charge >= 0.3 is 23.9 Å². The first-order valence-corrected chi connectivity index (χ1v) is 24.3. The predicted octanol–water partition coefficient (Wildman–Crippen LogP) is 11.7. The molecule has 0 amide bonds. The van der Waals surface area contributed by atoms with Crippen molar-refractivity contribution in [3.63, 3.8) is 0 Å². The van der Waals surface area contributed by atoms with Crippen molar-refractivity contribution in [1.29, 1.82) is 0 Å². The molecule has 0 saturated carbocycles. The second-order valence-corrected chi connectivity index (χ2v) is 19.1. The van der Waals surface area contributed by atoms with E-state index in [1.807, 2.05) is 48.5 Å². The van der Waals surface area contributed by atoms with Crippen molar-refractivity contribution < 1.29 is 52.3 Å². The SMILES string of the molecule is CCCC(=O)OC[C@H]1O[C@@H](Oc2c(C)c(C)c3c(c2C)CC[C@@](C)(CCCC(C)CCCC(C)CCCC(C)C)O3)[C@H](OC(=O)CCC)[C@@H](OC(=O)CCC)[C@@H]1OC(=O)CCC. The molecule has 1 aromatic rings. The van der Waals surface area contributed by atoms with Crippen LogP contribution in [0.15, 0.2) is 0 Å². The molecule has 354 valence electrons. The molecule has 2 heterocycles. The molecule has 11 heteroatoms. The Bertz CT molecular complexity index is 1570. The Morgan fingerprint density at radius 1 is 0.645 bits per heavy atom. The quantitative estimate of drug-likeness (QED) is 0.0618. The average Bonchev–Trinajstić information content (AvgIpc) is 3.20. The van der Waals surface area contributed by atoms with E-state index >= 15 is 0 Å². The molecule has 2 unspecified atom stereocenters. The lowest BCUT2D eigenvalue weighted by Crippen LogP contribution is -2.64. The minimum absolute atomic E-state index is 0.0859. The number of rotatable bonds is 27. The maximum Gasteiger partial charge on any atom is 0.306 e. The summed E-state index contributed by atoms with van der Waals surface area (Å²) in [4.78, 5) is 52.2. The third kappa shape index (κ3) is 16.3. The zero-order chi connectivity index (χ0) is 46.0. The first kappa shape index (κ1) is 53.0. The van der Waals surface area contributed by atoms with Crippen LogP contribution in [0.1, 0.15) is 200 Å². The van der Waals surface area contributed by atoms with E-state index in [1.165, 1.54) is 44.9 Å². The summed E-state index contributed by atoms with van der Waals surface area (Å²) < 4.78 is 44.0. The predicted molar refractivity (Wildman–Crippen MR) is 242 cm³/mol. The lowest BCUT2D eigenvalue weighted by Gasteiger charge is -2.44. The standard InChI is InChI=1S/C51H84O11/c1-13-20-41(52)56-32-40-47(58-42(53)21-14-2)48(59-43(54)22-15-3)49(60-44(55)23-16-4)50(57-40)61-45-36(9)37(10)46-39(38(45)11)29-31-51(12,62-46)30-19-28-35(8)27-18-26-34(7)25-17-24-33(5)6/h33-35,40,47-50H,13-32H2,1-12H3/t34?,35?,40-,47-,48+,49-,50+,51-/m1/s1. The van der Waals surface area contributed by atoms with Crippen LogP contribution in [0.5, 0.6) is 11.5 Å². The van der Waals surface area contributed by atoms with Crippen LogP contribution in [-0.4, -0.2) is 66.8 Å². The fourth-order valence-corrected chi connectivity index (χ4v) is 8.76. The van der Waals surface area contributed by atoms with Crippen molar-refractivity contribution in [3.8, 4) is 11.5 Å². The lowest BCUT2D eigenvalue weighted by atomic mass is 9.83. The number of ether oxygens (including phenoxy) is 7. The molecule has 0 spiro atoms. The van der Waals surface area contributed by atoms with E-state index in [9.17, 15) is 19.2 Å². The minimum Gasteiger partial charge on any atom is -0.487 e. The summed E-state index contributed by atoms with van der Waals surface area (Å²) in [6, 6.07) is 0. The summed E-state index contributed by atoms with van der Waals surface area (Å²) >= 11 is 0. The molecular formula is C51H84O11. The van der Waals surface area contributed by atoms with Crippen LogP contribution >= 0.6 is 0 Å². The number of benzene rings is 1. The summed E-state index contributed by atoms with van der Waals surface area (Å²) in [5.41, 5.74) is 3.41. The highest BCUT2D eigenvalue weighted by molar-refractivity contribution is 5.72. The average molecular weight is 873 g/mol. The van der Waals surface area contributed by atoms with E-state index < -0.39 is 54.6 Å². The second-order valence-electron chi connectivity index (χ2n) is 19.1. The van der Waals surface area contributed by atoms with Crippen molar-refractivity contribution in [3.05, 3.63) is 22.3 Å². The fraction of sp³-hybridized carbons (Fsp3) is 0.804.